The van der Waals surface area contributed by atoms with Gasteiger partial charge in [-0.25, -0.2) is 0 Å². The molecule has 0 aromatic carbocycles. The minimum absolute atomic E-state index is 0.952. The Morgan fingerprint density at radius 1 is 0.667 bits per heavy atom. The van der Waals surface area contributed by atoms with Crippen LogP contribution in [0.4, 0.5) is 0 Å². The van der Waals surface area contributed by atoms with Crippen molar-refractivity contribution in [2.75, 3.05) is 26.7 Å². The van der Waals surface area contributed by atoms with Crippen LogP contribution in [0.25, 0.3) is 0 Å². The van der Waals surface area contributed by atoms with Gasteiger partial charge >= 0.3 is 0 Å². The minimum atomic E-state index is 0.952. The van der Waals surface area contributed by atoms with Crippen LogP contribution in [-0.4, -0.2) is 26.7 Å². The van der Waals surface area contributed by atoms with Crippen molar-refractivity contribution in [1.29, 1.82) is 0 Å². The van der Waals surface area contributed by atoms with Crippen LogP contribution < -0.4 is 10.6 Å². The highest BCUT2D eigenvalue weighted by Crippen LogP contribution is 2.17. The second kappa shape index (κ2) is 18.0. The third kappa shape index (κ3) is 16.1. The predicted octanol–water partition coefficient (Wildman–Crippen LogP) is 5.13. The van der Waals surface area contributed by atoms with Crippen molar-refractivity contribution in [2.45, 2.75) is 90.9 Å². The third-order valence-corrected chi connectivity index (χ3v) is 4.55. The molecule has 0 aliphatic rings. The first-order valence-corrected chi connectivity index (χ1v) is 9.70. The Kier molecular flexibility index (Phi) is 17.9. The molecule has 0 fully saturated rings. The van der Waals surface area contributed by atoms with Crippen LogP contribution in [0.3, 0.4) is 0 Å². The molecule has 0 radical (unpaired) electrons. The molecule has 0 aromatic heterocycles. The van der Waals surface area contributed by atoms with Crippen molar-refractivity contribution < 1.29 is 0 Å². The topological polar surface area (TPSA) is 24.1 Å². The molecular weight excluding hydrogens is 256 g/mol. The lowest BCUT2D eigenvalue weighted by atomic mass is 9.95. The van der Waals surface area contributed by atoms with E-state index < -0.39 is 0 Å². The SMILES string of the molecule is CCCCCCCCC(CC)CCNCCCCCNC. The molecule has 2 heteroatoms. The first kappa shape index (κ1) is 20.9. The fourth-order valence-electron chi connectivity index (χ4n) is 2.93. The van der Waals surface area contributed by atoms with E-state index in [1.807, 2.05) is 7.05 Å². The monoisotopic (exact) mass is 298 g/mol. The van der Waals surface area contributed by atoms with Crippen LogP contribution in [0, 0.1) is 5.92 Å². The Labute approximate surface area is 134 Å². The summed E-state index contributed by atoms with van der Waals surface area (Å²) in [6.45, 7) is 8.24. The van der Waals surface area contributed by atoms with Gasteiger partial charge in [0.2, 0.25) is 0 Å². The molecule has 0 saturated heterocycles. The Hall–Kier alpha value is -0.0800. The van der Waals surface area contributed by atoms with E-state index in [2.05, 4.69) is 24.5 Å². The summed E-state index contributed by atoms with van der Waals surface area (Å²) in [5.74, 6) is 0.952. The Balaban J connectivity index is 3.28. The molecule has 1 atom stereocenters. The molecular formula is C19H42N2. The maximum Gasteiger partial charge on any atom is -0.00463 e. The average molecular weight is 299 g/mol. The van der Waals surface area contributed by atoms with Gasteiger partial charge in [-0.05, 0) is 51.9 Å². The molecule has 0 heterocycles. The zero-order chi connectivity index (χ0) is 15.6. The second-order valence-electron chi connectivity index (χ2n) is 6.53. The zero-order valence-electron chi connectivity index (χ0n) is 15.2. The molecule has 0 bridgehead atoms. The molecule has 0 spiro atoms. The number of nitrogens with one attached hydrogen (secondary N) is 2. The van der Waals surface area contributed by atoms with Crippen molar-refractivity contribution in [3.63, 3.8) is 0 Å². The fraction of sp³-hybridized carbons (Fsp3) is 1.00. The summed E-state index contributed by atoms with van der Waals surface area (Å²) in [6, 6.07) is 0. The van der Waals surface area contributed by atoms with E-state index in [0.717, 1.165) is 12.5 Å². The van der Waals surface area contributed by atoms with Gasteiger partial charge in [-0.15, -0.1) is 0 Å². The van der Waals surface area contributed by atoms with Gasteiger partial charge in [0.15, 0.2) is 0 Å². The maximum atomic E-state index is 3.63. The largest absolute Gasteiger partial charge is 0.320 e. The van der Waals surface area contributed by atoms with Crippen LogP contribution in [-0.2, 0) is 0 Å². The molecule has 0 saturated carbocycles. The normalized spacial score (nSPS) is 12.7. The lowest BCUT2D eigenvalue weighted by Gasteiger charge is -2.15. The van der Waals surface area contributed by atoms with Crippen molar-refractivity contribution in [2.24, 2.45) is 5.92 Å². The molecule has 21 heavy (non-hydrogen) atoms. The summed E-state index contributed by atoms with van der Waals surface area (Å²) < 4.78 is 0. The number of hydrogen-bond acceptors (Lipinski definition) is 2. The van der Waals surface area contributed by atoms with Gasteiger partial charge in [-0.3, -0.25) is 0 Å². The molecule has 0 aliphatic heterocycles. The Morgan fingerprint density at radius 3 is 2.05 bits per heavy atom. The molecule has 1 unspecified atom stereocenters. The number of rotatable bonds is 17. The smallest absolute Gasteiger partial charge is 0.00463 e. The average Bonchev–Trinajstić information content (AvgIpc) is 2.51. The molecule has 2 N–H and O–H groups in total. The molecule has 0 aliphatic carbocycles. The number of unbranched alkanes of at least 4 members (excludes halogenated alkanes) is 7. The lowest BCUT2D eigenvalue weighted by molar-refractivity contribution is 0.400. The van der Waals surface area contributed by atoms with E-state index in [0.29, 0.717) is 0 Å². The first-order valence-electron chi connectivity index (χ1n) is 9.70. The fourth-order valence-corrected chi connectivity index (χ4v) is 2.93. The Bertz CT molecular complexity index is 182. The summed E-state index contributed by atoms with van der Waals surface area (Å²) in [7, 11) is 2.03. The second-order valence-corrected chi connectivity index (χ2v) is 6.53. The van der Waals surface area contributed by atoms with Crippen molar-refractivity contribution >= 4 is 0 Å². The summed E-state index contributed by atoms with van der Waals surface area (Å²) in [6.07, 6.45) is 16.8. The summed E-state index contributed by atoms with van der Waals surface area (Å²) >= 11 is 0. The molecule has 0 amide bonds. The molecule has 128 valence electrons. The van der Waals surface area contributed by atoms with Gasteiger partial charge in [0.05, 0.1) is 0 Å². The van der Waals surface area contributed by atoms with Gasteiger partial charge in [0.25, 0.3) is 0 Å². The van der Waals surface area contributed by atoms with E-state index in [9.17, 15) is 0 Å². The van der Waals surface area contributed by atoms with Gasteiger partial charge < -0.3 is 10.6 Å². The van der Waals surface area contributed by atoms with Crippen molar-refractivity contribution in [3.05, 3.63) is 0 Å². The van der Waals surface area contributed by atoms with E-state index in [1.54, 1.807) is 0 Å². The maximum absolute atomic E-state index is 3.63. The van der Waals surface area contributed by atoms with Crippen LogP contribution in [0.15, 0.2) is 0 Å². The number of hydrogen-bond donors (Lipinski definition) is 2. The van der Waals surface area contributed by atoms with E-state index in [4.69, 9.17) is 0 Å². The van der Waals surface area contributed by atoms with Gasteiger partial charge in [-0.2, -0.15) is 0 Å². The standard InChI is InChI=1S/C19H42N2/c1-4-6-7-8-9-11-14-19(5-2)15-18-21-17-13-10-12-16-20-3/h19-21H,4-18H2,1-3H3. The van der Waals surface area contributed by atoms with Crippen LogP contribution in [0.2, 0.25) is 0 Å². The lowest BCUT2D eigenvalue weighted by Crippen LogP contribution is -2.19. The molecule has 2 nitrogen and oxygen atoms in total. The van der Waals surface area contributed by atoms with Gasteiger partial charge in [0.1, 0.15) is 0 Å². The highest BCUT2D eigenvalue weighted by Gasteiger charge is 2.05. The highest BCUT2D eigenvalue weighted by molar-refractivity contribution is 4.61. The molecule has 0 aromatic rings. The van der Waals surface area contributed by atoms with Crippen LogP contribution in [0.5, 0.6) is 0 Å². The Morgan fingerprint density at radius 2 is 1.33 bits per heavy atom. The zero-order valence-corrected chi connectivity index (χ0v) is 15.2. The van der Waals surface area contributed by atoms with Crippen molar-refractivity contribution in [1.82, 2.24) is 10.6 Å². The van der Waals surface area contributed by atoms with E-state index in [1.165, 1.54) is 90.1 Å². The first-order chi connectivity index (χ1) is 10.3. The van der Waals surface area contributed by atoms with Crippen LogP contribution >= 0.6 is 0 Å². The summed E-state index contributed by atoms with van der Waals surface area (Å²) in [5.41, 5.74) is 0. The summed E-state index contributed by atoms with van der Waals surface area (Å²) in [4.78, 5) is 0. The van der Waals surface area contributed by atoms with Gasteiger partial charge in [0, 0.05) is 0 Å². The summed E-state index contributed by atoms with van der Waals surface area (Å²) in [5, 5.41) is 6.83. The van der Waals surface area contributed by atoms with Crippen LogP contribution in [0.1, 0.15) is 90.9 Å². The van der Waals surface area contributed by atoms with E-state index in [-0.39, 0.29) is 0 Å². The predicted molar refractivity (Wildman–Crippen MR) is 97.0 cm³/mol. The van der Waals surface area contributed by atoms with Gasteiger partial charge in [-0.1, -0.05) is 71.6 Å². The van der Waals surface area contributed by atoms with E-state index >= 15 is 0 Å². The highest BCUT2D eigenvalue weighted by atomic mass is 14.8. The molecule has 0 rings (SSSR count). The minimum Gasteiger partial charge on any atom is -0.320 e. The third-order valence-electron chi connectivity index (χ3n) is 4.55. The van der Waals surface area contributed by atoms with Crippen molar-refractivity contribution in [3.8, 4) is 0 Å². The quantitative estimate of drug-likeness (QED) is 0.364.